The van der Waals surface area contributed by atoms with Crippen LogP contribution in [0.5, 0.6) is 0 Å². The fourth-order valence-electron chi connectivity index (χ4n) is 1.91. The highest BCUT2D eigenvalue weighted by Crippen LogP contribution is 2.27. The Kier molecular flexibility index (Phi) is 5.30. The first-order chi connectivity index (χ1) is 11.4. The van der Waals surface area contributed by atoms with E-state index < -0.39 is 10.8 Å². The lowest BCUT2D eigenvalue weighted by molar-refractivity contribution is -0.384. The summed E-state index contributed by atoms with van der Waals surface area (Å²) < 4.78 is 0. The molecule has 0 aliphatic carbocycles. The van der Waals surface area contributed by atoms with Crippen molar-refractivity contribution in [1.29, 1.82) is 5.26 Å². The second-order valence-corrected chi connectivity index (χ2v) is 5.37. The topological polar surface area (TPSA) is 96.0 Å². The molecule has 0 aliphatic rings. The molecule has 0 fully saturated rings. The van der Waals surface area contributed by atoms with Crippen LogP contribution >= 0.6 is 11.6 Å². The second-order valence-electron chi connectivity index (χ2n) is 4.96. The molecule has 0 radical (unpaired) electrons. The number of carbonyl (C=O) groups excluding carboxylic acids is 1. The third-order valence-corrected chi connectivity index (χ3v) is 3.47. The third kappa shape index (κ3) is 4.18. The van der Waals surface area contributed by atoms with Crippen LogP contribution in [0, 0.1) is 28.4 Å². The molecule has 7 heteroatoms. The Bertz CT molecular complexity index is 868. The van der Waals surface area contributed by atoms with E-state index in [1.54, 1.807) is 12.1 Å². The van der Waals surface area contributed by atoms with Crippen LogP contribution < -0.4 is 5.32 Å². The molecular formula is C17H12ClN3O3. The fourth-order valence-corrected chi connectivity index (χ4v) is 2.09. The number of amides is 1. The van der Waals surface area contributed by atoms with Crippen molar-refractivity contribution in [2.45, 2.75) is 6.92 Å². The van der Waals surface area contributed by atoms with Crippen molar-refractivity contribution in [1.82, 2.24) is 0 Å². The molecule has 0 saturated carbocycles. The van der Waals surface area contributed by atoms with E-state index in [2.05, 4.69) is 5.32 Å². The molecule has 0 aliphatic heterocycles. The number of benzene rings is 2. The number of halogens is 1. The van der Waals surface area contributed by atoms with Gasteiger partial charge in [-0.15, -0.1) is 0 Å². The van der Waals surface area contributed by atoms with Gasteiger partial charge in [-0.3, -0.25) is 14.9 Å². The van der Waals surface area contributed by atoms with Gasteiger partial charge in [-0.25, -0.2) is 0 Å². The predicted molar refractivity (Wildman–Crippen MR) is 91.5 cm³/mol. The lowest BCUT2D eigenvalue weighted by Gasteiger charge is -2.05. The van der Waals surface area contributed by atoms with Crippen molar-refractivity contribution in [3.8, 4) is 6.07 Å². The Morgan fingerprint density at radius 1 is 1.29 bits per heavy atom. The molecule has 1 N–H and O–H groups in total. The molecule has 2 aromatic rings. The van der Waals surface area contributed by atoms with Crippen molar-refractivity contribution in [2.75, 3.05) is 5.32 Å². The molecule has 0 atom stereocenters. The summed E-state index contributed by atoms with van der Waals surface area (Å²) in [6.45, 7) is 1.93. The van der Waals surface area contributed by atoms with E-state index in [4.69, 9.17) is 16.9 Å². The number of nitrogens with one attached hydrogen (secondary N) is 1. The van der Waals surface area contributed by atoms with Crippen molar-refractivity contribution >= 4 is 35.0 Å². The van der Waals surface area contributed by atoms with Gasteiger partial charge in [-0.1, -0.05) is 41.4 Å². The number of aryl methyl sites for hydroxylation is 1. The smallest absolute Gasteiger partial charge is 0.289 e. The summed E-state index contributed by atoms with van der Waals surface area (Å²) in [6.07, 6.45) is 1.44. The Morgan fingerprint density at radius 3 is 2.54 bits per heavy atom. The highest BCUT2D eigenvalue weighted by molar-refractivity contribution is 6.32. The summed E-state index contributed by atoms with van der Waals surface area (Å²) in [5.74, 6) is -0.658. The van der Waals surface area contributed by atoms with Gasteiger partial charge in [0.25, 0.3) is 11.6 Å². The minimum absolute atomic E-state index is 0.0336. The largest absolute Gasteiger partial charge is 0.321 e. The normalized spacial score (nSPS) is 10.8. The lowest BCUT2D eigenvalue weighted by atomic mass is 10.1. The Balaban J connectivity index is 2.24. The van der Waals surface area contributed by atoms with Gasteiger partial charge in [0.2, 0.25) is 0 Å². The molecule has 0 bridgehead atoms. The molecule has 0 unspecified atom stereocenters. The van der Waals surface area contributed by atoms with E-state index in [9.17, 15) is 14.9 Å². The standard InChI is InChI=1S/C17H12ClN3O3/c1-11-2-4-12(5-3-11)8-13(10-19)17(22)20-14-6-7-15(18)16(9-14)21(23)24/h2-9H,1H3,(H,20,22)/b13-8+. The van der Waals surface area contributed by atoms with Crippen LogP contribution in [0.1, 0.15) is 11.1 Å². The Labute approximate surface area is 143 Å². The molecule has 2 rings (SSSR count). The number of carbonyl (C=O) groups is 1. The van der Waals surface area contributed by atoms with Crippen molar-refractivity contribution < 1.29 is 9.72 Å². The number of rotatable bonds is 4. The minimum atomic E-state index is -0.658. The maximum atomic E-state index is 12.2. The van der Waals surface area contributed by atoms with Crippen LogP contribution in [-0.4, -0.2) is 10.8 Å². The Morgan fingerprint density at radius 2 is 1.96 bits per heavy atom. The number of nitrogens with zero attached hydrogens (tertiary/aromatic N) is 2. The summed E-state index contributed by atoms with van der Waals surface area (Å²) in [6, 6.07) is 13.0. The number of anilines is 1. The molecule has 24 heavy (non-hydrogen) atoms. The minimum Gasteiger partial charge on any atom is -0.321 e. The maximum Gasteiger partial charge on any atom is 0.289 e. The molecule has 1 amide bonds. The quantitative estimate of drug-likeness (QED) is 0.392. The number of nitro groups is 1. The number of nitro benzene ring substituents is 1. The van der Waals surface area contributed by atoms with Crippen molar-refractivity contribution in [3.05, 3.63) is 74.3 Å². The average Bonchev–Trinajstić information content (AvgIpc) is 2.55. The van der Waals surface area contributed by atoms with E-state index >= 15 is 0 Å². The van der Waals surface area contributed by atoms with Crippen LogP contribution in [0.15, 0.2) is 48.0 Å². The third-order valence-electron chi connectivity index (χ3n) is 3.15. The van der Waals surface area contributed by atoms with Crippen LogP contribution in [0.4, 0.5) is 11.4 Å². The van der Waals surface area contributed by atoms with E-state index in [0.717, 1.165) is 11.6 Å². The first kappa shape index (κ1) is 17.2. The maximum absolute atomic E-state index is 12.2. The van der Waals surface area contributed by atoms with E-state index in [0.29, 0.717) is 5.56 Å². The van der Waals surface area contributed by atoms with E-state index in [1.807, 2.05) is 25.1 Å². The van der Waals surface area contributed by atoms with Crippen LogP contribution in [0.3, 0.4) is 0 Å². The molecular weight excluding hydrogens is 330 g/mol. The predicted octanol–water partition coefficient (Wildman–Crippen LogP) is 4.10. The SMILES string of the molecule is Cc1ccc(/C=C(\C#N)C(=O)Nc2ccc(Cl)c([N+](=O)[O-])c2)cc1. The molecule has 0 heterocycles. The lowest BCUT2D eigenvalue weighted by Crippen LogP contribution is -2.13. The fraction of sp³-hybridized carbons (Fsp3) is 0.0588. The molecule has 6 nitrogen and oxygen atoms in total. The first-order valence-electron chi connectivity index (χ1n) is 6.84. The van der Waals surface area contributed by atoms with E-state index in [1.165, 1.54) is 18.2 Å². The first-order valence-corrected chi connectivity index (χ1v) is 7.22. The molecule has 2 aromatic carbocycles. The zero-order valence-electron chi connectivity index (χ0n) is 12.6. The molecule has 0 spiro atoms. The van der Waals surface area contributed by atoms with Gasteiger partial charge >= 0.3 is 0 Å². The van der Waals surface area contributed by atoms with Crippen LogP contribution in [-0.2, 0) is 4.79 Å². The van der Waals surface area contributed by atoms with Gasteiger partial charge in [0, 0.05) is 11.8 Å². The van der Waals surface area contributed by atoms with Gasteiger partial charge in [0.15, 0.2) is 0 Å². The van der Waals surface area contributed by atoms with Gasteiger partial charge in [0.1, 0.15) is 16.7 Å². The average molecular weight is 342 g/mol. The summed E-state index contributed by atoms with van der Waals surface area (Å²) in [5.41, 5.74) is 1.51. The molecule has 120 valence electrons. The van der Waals surface area contributed by atoms with Gasteiger partial charge in [-0.2, -0.15) is 5.26 Å². The van der Waals surface area contributed by atoms with Crippen molar-refractivity contribution in [2.24, 2.45) is 0 Å². The second kappa shape index (κ2) is 7.40. The monoisotopic (exact) mass is 341 g/mol. The summed E-state index contributed by atoms with van der Waals surface area (Å²) >= 11 is 5.72. The van der Waals surface area contributed by atoms with Gasteiger partial charge in [0.05, 0.1) is 4.92 Å². The summed E-state index contributed by atoms with van der Waals surface area (Å²) in [7, 11) is 0. The van der Waals surface area contributed by atoms with E-state index in [-0.39, 0.29) is 22.0 Å². The molecule has 0 aromatic heterocycles. The summed E-state index contributed by atoms with van der Waals surface area (Å²) in [4.78, 5) is 22.4. The molecule has 0 saturated heterocycles. The van der Waals surface area contributed by atoms with Crippen LogP contribution in [0.25, 0.3) is 6.08 Å². The van der Waals surface area contributed by atoms with Gasteiger partial charge in [-0.05, 0) is 30.7 Å². The zero-order valence-corrected chi connectivity index (χ0v) is 13.4. The van der Waals surface area contributed by atoms with Crippen molar-refractivity contribution in [3.63, 3.8) is 0 Å². The van der Waals surface area contributed by atoms with Gasteiger partial charge < -0.3 is 5.32 Å². The van der Waals surface area contributed by atoms with Crippen LogP contribution in [0.2, 0.25) is 5.02 Å². The highest BCUT2D eigenvalue weighted by Gasteiger charge is 2.15. The highest BCUT2D eigenvalue weighted by atomic mass is 35.5. The zero-order chi connectivity index (χ0) is 17.7. The number of hydrogen-bond acceptors (Lipinski definition) is 4. The Hall–Kier alpha value is -3.17. The number of nitriles is 1. The number of hydrogen-bond donors (Lipinski definition) is 1. The summed E-state index contributed by atoms with van der Waals surface area (Å²) in [5, 5.41) is 22.5.